The summed E-state index contributed by atoms with van der Waals surface area (Å²) in [5.41, 5.74) is 7.04. The number of methoxy groups -OCH3 is 1. The topological polar surface area (TPSA) is 67.5 Å². The van der Waals surface area contributed by atoms with E-state index in [0.29, 0.717) is 5.92 Å². The van der Waals surface area contributed by atoms with E-state index in [1.54, 1.807) is 19.2 Å². The molecule has 4 N–H and O–H groups in total. The van der Waals surface area contributed by atoms with E-state index in [-0.39, 0.29) is 11.8 Å². The van der Waals surface area contributed by atoms with Crippen molar-refractivity contribution in [3.63, 3.8) is 0 Å². The Kier molecular flexibility index (Phi) is 3.86. The molecule has 1 atom stereocenters. The standard InChI is InChI=1S/C13H20N2O2/c1-17-10-2-3-12(16)11(8-10)13(14)9-4-6-15-7-5-9/h2-3,8-9,13,15-16H,4-7,14H2,1H3/t13-/m1/s1. The molecule has 2 rings (SSSR count). The third-order valence-electron chi connectivity index (χ3n) is 3.49. The second-order valence-electron chi connectivity index (χ2n) is 4.54. The van der Waals surface area contributed by atoms with Crippen LogP contribution < -0.4 is 15.8 Å². The van der Waals surface area contributed by atoms with Crippen LogP contribution in [-0.4, -0.2) is 25.3 Å². The van der Waals surface area contributed by atoms with Crippen LogP contribution in [0.4, 0.5) is 0 Å². The predicted octanol–water partition coefficient (Wildman–Crippen LogP) is 1.40. The maximum Gasteiger partial charge on any atom is 0.120 e. The molecule has 0 spiro atoms. The first-order valence-corrected chi connectivity index (χ1v) is 6.05. The molecule has 1 aliphatic rings. The quantitative estimate of drug-likeness (QED) is 0.742. The van der Waals surface area contributed by atoms with Crippen LogP contribution in [0.2, 0.25) is 0 Å². The molecule has 4 heteroatoms. The molecule has 0 bridgehead atoms. The van der Waals surface area contributed by atoms with Crippen LogP contribution in [-0.2, 0) is 0 Å². The number of piperidine rings is 1. The van der Waals surface area contributed by atoms with Crippen molar-refractivity contribution >= 4 is 0 Å². The number of nitrogens with two attached hydrogens (primary N) is 1. The van der Waals surface area contributed by atoms with E-state index in [9.17, 15) is 5.11 Å². The van der Waals surface area contributed by atoms with Gasteiger partial charge in [-0.05, 0) is 50.0 Å². The molecule has 0 aromatic heterocycles. The maximum atomic E-state index is 9.88. The van der Waals surface area contributed by atoms with Crippen LogP contribution in [0.5, 0.6) is 11.5 Å². The zero-order valence-electron chi connectivity index (χ0n) is 10.1. The Hall–Kier alpha value is -1.26. The first-order chi connectivity index (χ1) is 8.22. The molecule has 0 radical (unpaired) electrons. The molecule has 17 heavy (non-hydrogen) atoms. The lowest BCUT2D eigenvalue weighted by Gasteiger charge is -2.28. The second-order valence-corrected chi connectivity index (χ2v) is 4.54. The smallest absolute Gasteiger partial charge is 0.120 e. The highest BCUT2D eigenvalue weighted by atomic mass is 16.5. The van der Waals surface area contributed by atoms with Gasteiger partial charge in [0.2, 0.25) is 0 Å². The van der Waals surface area contributed by atoms with Crippen molar-refractivity contribution in [2.45, 2.75) is 18.9 Å². The van der Waals surface area contributed by atoms with Gasteiger partial charge in [-0.3, -0.25) is 0 Å². The summed E-state index contributed by atoms with van der Waals surface area (Å²) >= 11 is 0. The number of aromatic hydroxyl groups is 1. The molecule has 1 saturated heterocycles. The van der Waals surface area contributed by atoms with E-state index in [1.165, 1.54) is 0 Å². The highest BCUT2D eigenvalue weighted by Crippen LogP contribution is 2.34. The highest BCUT2D eigenvalue weighted by Gasteiger charge is 2.24. The molecule has 1 aromatic rings. The Morgan fingerprint density at radius 1 is 1.41 bits per heavy atom. The maximum absolute atomic E-state index is 9.88. The van der Waals surface area contributed by atoms with Gasteiger partial charge in [0, 0.05) is 11.6 Å². The molecule has 0 unspecified atom stereocenters. The Morgan fingerprint density at radius 2 is 2.12 bits per heavy atom. The van der Waals surface area contributed by atoms with Gasteiger partial charge in [-0.1, -0.05) is 0 Å². The van der Waals surface area contributed by atoms with E-state index >= 15 is 0 Å². The molecular weight excluding hydrogens is 216 g/mol. The van der Waals surface area contributed by atoms with Gasteiger partial charge in [0.15, 0.2) is 0 Å². The molecule has 1 aromatic carbocycles. The Balaban J connectivity index is 2.19. The van der Waals surface area contributed by atoms with Crippen molar-refractivity contribution in [1.29, 1.82) is 0 Å². The van der Waals surface area contributed by atoms with E-state index in [2.05, 4.69) is 5.32 Å². The number of rotatable bonds is 3. The monoisotopic (exact) mass is 236 g/mol. The molecule has 1 fully saturated rings. The van der Waals surface area contributed by atoms with Crippen molar-refractivity contribution < 1.29 is 9.84 Å². The largest absolute Gasteiger partial charge is 0.508 e. The van der Waals surface area contributed by atoms with Gasteiger partial charge < -0.3 is 20.9 Å². The van der Waals surface area contributed by atoms with Crippen molar-refractivity contribution in [3.8, 4) is 11.5 Å². The Labute approximate surface area is 102 Å². The number of hydrogen-bond acceptors (Lipinski definition) is 4. The fourth-order valence-corrected chi connectivity index (χ4v) is 2.38. The number of nitrogens with one attached hydrogen (secondary N) is 1. The van der Waals surface area contributed by atoms with Gasteiger partial charge in [-0.2, -0.15) is 0 Å². The molecular formula is C13H20N2O2. The lowest BCUT2D eigenvalue weighted by Crippen LogP contribution is -2.33. The average molecular weight is 236 g/mol. The lowest BCUT2D eigenvalue weighted by molar-refractivity contribution is 0.315. The minimum Gasteiger partial charge on any atom is -0.508 e. The zero-order valence-corrected chi connectivity index (χ0v) is 10.1. The second kappa shape index (κ2) is 5.38. The number of phenols is 1. The Morgan fingerprint density at radius 3 is 2.76 bits per heavy atom. The highest BCUT2D eigenvalue weighted by molar-refractivity contribution is 5.41. The van der Waals surface area contributed by atoms with Crippen LogP contribution in [0.1, 0.15) is 24.4 Å². The summed E-state index contributed by atoms with van der Waals surface area (Å²) in [6.45, 7) is 2.01. The summed E-state index contributed by atoms with van der Waals surface area (Å²) in [7, 11) is 1.62. The summed E-state index contributed by atoms with van der Waals surface area (Å²) < 4.78 is 5.17. The number of ether oxygens (including phenoxy) is 1. The zero-order chi connectivity index (χ0) is 12.3. The average Bonchev–Trinajstić information content (AvgIpc) is 2.39. The molecule has 1 aliphatic heterocycles. The van der Waals surface area contributed by atoms with Gasteiger partial charge in [0.25, 0.3) is 0 Å². The fraction of sp³-hybridized carbons (Fsp3) is 0.538. The summed E-state index contributed by atoms with van der Waals surface area (Å²) in [5, 5.41) is 13.2. The van der Waals surface area contributed by atoms with Gasteiger partial charge in [-0.15, -0.1) is 0 Å². The molecule has 4 nitrogen and oxygen atoms in total. The van der Waals surface area contributed by atoms with E-state index in [4.69, 9.17) is 10.5 Å². The first kappa shape index (κ1) is 12.2. The number of phenolic OH excluding ortho intramolecular Hbond substituents is 1. The SMILES string of the molecule is COc1ccc(O)c([C@H](N)C2CCNCC2)c1. The van der Waals surface area contributed by atoms with Crippen LogP contribution in [0.25, 0.3) is 0 Å². The Bertz CT molecular complexity index is 376. The summed E-state index contributed by atoms with van der Waals surface area (Å²) in [6.07, 6.45) is 2.11. The molecule has 0 saturated carbocycles. The summed E-state index contributed by atoms with van der Waals surface area (Å²) in [6, 6.07) is 5.11. The van der Waals surface area contributed by atoms with E-state index in [0.717, 1.165) is 37.2 Å². The molecule has 0 amide bonds. The fourth-order valence-electron chi connectivity index (χ4n) is 2.38. The number of benzene rings is 1. The van der Waals surface area contributed by atoms with Crippen LogP contribution >= 0.6 is 0 Å². The van der Waals surface area contributed by atoms with Crippen molar-refractivity contribution in [2.75, 3.05) is 20.2 Å². The molecule has 1 heterocycles. The van der Waals surface area contributed by atoms with Crippen molar-refractivity contribution in [3.05, 3.63) is 23.8 Å². The third-order valence-corrected chi connectivity index (χ3v) is 3.49. The van der Waals surface area contributed by atoms with Crippen LogP contribution in [0, 0.1) is 5.92 Å². The first-order valence-electron chi connectivity index (χ1n) is 6.05. The number of hydrogen-bond donors (Lipinski definition) is 3. The van der Waals surface area contributed by atoms with Gasteiger partial charge in [0.1, 0.15) is 11.5 Å². The van der Waals surface area contributed by atoms with Crippen LogP contribution in [0.15, 0.2) is 18.2 Å². The van der Waals surface area contributed by atoms with E-state index in [1.807, 2.05) is 6.07 Å². The van der Waals surface area contributed by atoms with Gasteiger partial charge in [0.05, 0.1) is 7.11 Å². The van der Waals surface area contributed by atoms with E-state index < -0.39 is 0 Å². The lowest BCUT2D eigenvalue weighted by atomic mass is 9.86. The predicted molar refractivity (Wildman–Crippen MR) is 67.2 cm³/mol. The summed E-state index contributed by atoms with van der Waals surface area (Å²) in [4.78, 5) is 0. The minimum atomic E-state index is -0.118. The van der Waals surface area contributed by atoms with Crippen LogP contribution in [0.3, 0.4) is 0 Å². The van der Waals surface area contributed by atoms with Crippen molar-refractivity contribution in [1.82, 2.24) is 5.32 Å². The molecule has 94 valence electrons. The van der Waals surface area contributed by atoms with Gasteiger partial charge >= 0.3 is 0 Å². The molecule has 0 aliphatic carbocycles. The summed E-state index contributed by atoms with van der Waals surface area (Å²) in [5.74, 6) is 1.42. The normalized spacial score (nSPS) is 18.9. The van der Waals surface area contributed by atoms with Gasteiger partial charge in [-0.25, -0.2) is 0 Å². The minimum absolute atomic E-state index is 0.118. The third kappa shape index (κ3) is 2.70. The van der Waals surface area contributed by atoms with Crippen molar-refractivity contribution in [2.24, 2.45) is 11.7 Å².